The number of rotatable bonds is 6. The fourth-order valence-electron chi connectivity index (χ4n) is 3.70. The second kappa shape index (κ2) is 9.21. The predicted octanol–water partition coefficient (Wildman–Crippen LogP) is 4.24. The van der Waals surface area contributed by atoms with E-state index in [1.807, 2.05) is 36.9 Å². The molecule has 1 saturated heterocycles. The van der Waals surface area contributed by atoms with Gasteiger partial charge >= 0.3 is 0 Å². The molecule has 2 aromatic carbocycles. The van der Waals surface area contributed by atoms with E-state index in [1.165, 1.54) is 0 Å². The number of ether oxygens (including phenoxy) is 2. The number of hydrogen-bond donors (Lipinski definition) is 0. The first-order valence-corrected chi connectivity index (χ1v) is 10.3. The van der Waals surface area contributed by atoms with Gasteiger partial charge in [-0.2, -0.15) is 0 Å². The molecule has 0 radical (unpaired) electrons. The molecule has 1 aliphatic rings. The fourth-order valence-corrected chi connectivity index (χ4v) is 3.70. The summed E-state index contributed by atoms with van der Waals surface area (Å²) >= 11 is 0. The molecule has 1 atom stereocenters. The Labute approximate surface area is 174 Å². The minimum atomic E-state index is -0.498. The van der Waals surface area contributed by atoms with E-state index >= 15 is 0 Å². The molecule has 1 heterocycles. The molecule has 2 aromatic rings. The first-order valence-electron chi connectivity index (χ1n) is 10.3. The second-order valence-electron chi connectivity index (χ2n) is 7.97. The van der Waals surface area contributed by atoms with Gasteiger partial charge in [-0.15, -0.1) is 0 Å². The van der Waals surface area contributed by atoms with Crippen LogP contribution in [0.15, 0.2) is 42.5 Å². The smallest absolute Gasteiger partial charge is 0.263 e. The van der Waals surface area contributed by atoms with Crippen LogP contribution in [0.5, 0.6) is 11.5 Å². The lowest BCUT2D eigenvalue weighted by Gasteiger charge is -2.37. The van der Waals surface area contributed by atoms with Crippen molar-refractivity contribution in [3.63, 3.8) is 0 Å². The van der Waals surface area contributed by atoms with Crippen LogP contribution in [-0.4, -0.2) is 50.2 Å². The summed E-state index contributed by atoms with van der Waals surface area (Å²) in [6, 6.07) is 14.3. The van der Waals surface area contributed by atoms with E-state index in [0.29, 0.717) is 19.0 Å². The van der Waals surface area contributed by atoms with Crippen molar-refractivity contribution < 1.29 is 14.3 Å². The van der Waals surface area contributed by atoms with Crippen molar-refractivity contribution in [2.24, 2.45) is 0 Å². The monoisotopic (exact) mass is 396 g/mol. The molecule has 156 valence electrons. The summed E-state index contributed by atoms with van der Waals surface area (Å²) in [6.07, 6.45) is -0.498. The SMILES string of the molecule is COc1ccc(N2CCN(C(=O)C(C)Oc3cc(C)ccc3C(C)C)CC2)cc1. The quantitative estimate of drug-likeness (QED) is 0.732. The standard InChI is InChI=1S/C24H32N2O3/c1-17(2)22-11-6-18(3)16-23(22)29-19(4)24(27)26-14-12-25(13-15-26)20-7-9-21(28-5)10-8-20/h6-11,16-17,19H,12-15H2,1-5H3. The molecule has 0 N–H and O–H groups in total. The summed E-state index contributed by atoms with van der Waals surface area (Å²) in [5.41, 5.74) is 3.43. The van der Waals surface area contributed by atoms with Gasteiger partial charge in [0.15, 0.2) is 6.10 Å². The van der Waals surface area contributed by atoms with E-state index in [2.05, 4.69) is 43.0 Å². The molecular formula is C24H32N2O3. The first kappa shape index (κ1) is 21.0. The zero-order valence-corrected chi connectivity index (χ0v) is 18.1. The van der Waals surface area contributed by atoms with Crippen LogP contribution in [-0.2, 0) is 4.79 Å². The Bertz CT molecular complexity index is 825. The van der Waals surface area contributed by atoms with Gasteiger partial charge in [-0.1, -0.05) is 26.0 Å². The van der Waals surface area contributed by atoms with Gasteiger partial charge in [-0.05, 0) is 61.2 Å². The lowest BCUT2D eigenvalue weighted by Crippen LogP contribution is -2.52. The maximum Gasteiger partial charge on any atom is 0.263 e. The van der Waals surface area contributed by atoms with Crippen LogP contribution in [0, 0.1) is 6.92 Å². The molecular weight excluding hydrogens is 364 g/mol. The van der Waals surface area contributed by atoms with Crippen molar-refractivity contribution in [2.75, 3.05) is 38.2 Å². The number of benzene rings is 2. The highest BCUT2D eigenvalue weighted by Gasteiger charge is 2.27. The van der Waals surface area contributed by atoms with Crippen molar-refractivity contribution in [1.29, 1.82) is 0 Å². The van der Waals surface area contributed by atoms with Crippen molar-refractivity contribution in [3.8, 4) is 11.5 Å². The van der Waals surface area contributed by atoms with Gasteiger partial charge in [-0.3, -0.25) is 4.79 Å². The third kappa shape index (κ3) is 5.03. The van der Waals surface area contributed by atoms with Crippen molar-refractivity contribution >= 4 is 11.6 Å². The molecule has 1 unspecified atom stereocenters. The average Bonchev–Trinajstić information content (AvgIpc) is 2.73. The zero-order valence-electron chi connectivity index (χ0n) is 18.1. The first-order chi connectivity index (χ1) is 13.9. The topological polar surface area (TPSA) is 42.0 Å². The number of aryl methyl sites for hydroxylation is 1. The lowest BCUT2D eigenvalue weighted by molar-refractivity contribution is -0.138. The summed E-state index contributed by atoms with van der Waals surface area (Å²) in [7, 11) is 1.67. The third-order valence-electron chi connectivity index (χ3n) is 5.47. The Kier molecular flexibility index (Phi) is 6.68. The summed E-state index contributed by atoms with van der Waals surface area (Å²) in [5.74, 6) is 2.07. The van der Waals surface area contributed by atoms with Crippen LogP contribution in [0.2, 0.25) is 0 Å². The third-order valence-corrected chi connectivity index (χ3v) is 5.47. The molecule has 1 amide bonds. The lowest BCUT2D eigenvalue weighted by atomic mass is 10.0. The van der Waals surface area contributed by atoms with Gasteiger partial charge in [0, 0.05) is 31.9 Å². The van der Waals surface area contributed by atoms with Crippen LogP contribution in [0.1, 0.15) is 37.8 Å². The maximum atomic E-state index is 13.0. The van der Waals surface area contributed by atoms with Gasteiger partial charge in [0.1, 0.15) is 11.5 Å². The molecule has 0 aromatic heterocycles. The molecule has 1 fully saturated rings. The van der Waals surface area contributed by atoms with Crippen LogP contribution >= 0.6 is 0 Å². The number of nitrogens with zero attached hydrogens (tertiary/aromatic N) is 2. The van der Waals surface area contributed by atoms with E-state index in [4.69, 9.17) is 9.47 Å². The molecule has 0 saturated carbocycles. The van der Waals surface area contributed by atoms with Crippen LogP contribution in [0.4, 0.5) is 5.69 Å². The van der Waals surface area contributed by atoms with Gasteiger partial charge in [0.2, 0.25) is 0 Å². The van der Waals surface area contributed by atoms with Crippen molar-refractivity contribution in [1.82, 2.24) is 4.90 Å². The molecule has 0 bridgehead atoms. The summed E-state index contributed by atoms with van der Waals surface area (Å²) in [4.78, 5) is 17.2. The highest BCUT2D eigenvalue weighted by atomic mass is 16.5. The Morgan fingerprint density at radius 1 is 0.966 bits per heavy atom. The van der Waals surface area contributed by atoms with Crippen LogP contribution in [0.3, 0.4) is 0 Å². The summed E-state index contributed by atoms with van der Waals surface area (Å²) in [6.45, 7) is 11.2. The van der Waals surface area contributed by atoms with Gasteiger partial charge in [-0.25, -0.2) is 0 Å². The van der Waals surface area contributed by atoms with E-state index in [1.54, 1.807) is 7.11 Å². The van der Waals surface area contributed by atoms with E-state index in [-0.39, 0.29) is 5.91 Å². The maximum absolute atomic E-state index is 13.0. The van der Waals surface area contributed by atoms with Gasteiger partial charge in [0.05, 0.1) is 7.11 Å². The molecule has 0 aliphatic carbocycles. The number of piperazine rings is 1. The largest absolute Gasteiger partial charge is 0.497 e. The highest BCUT2D eigenvalue weighted by molar-refractivity contribution is 5.81. The molecule has 1 aliphatic heterocycles. The number of hydrogen-bond acceptors (Lipinski definition) is 4. The summed E-state index contributed by atoms with van der Waals surface area (Å²) in [5, 5.41) is 0. The summed E-state index contributed by atoms with van der Waals surface area (Å²) < 4.78 is 11.3. The number of carbonyl (C=O) groups is 1. The van der Waals surface area contributed by atoms with Crippen LogP contribution < -0.4 is 14.4 Å². The Balaban J connectivity index is 1.59. The Hall–Kier alpha value is -2.69. The number of anilines is 1. The molecule has 5 nitrogen and oxygen atoms in total. The second-order valence-corrected chi connectivity index (χ2v) is 7.97. The normalized spacial score (nSPS) is 15.4. The fraction of sp³-hybridized carbons (Fsp3) is 0.458. The van der Waals surface area contributed by atoms with E-state index in [9.17, 15) is 4.79 Å². The predicted molar refractivity (Wildman–Crippen MR) is 117 cm³/mol. The molecule has 5 heteroatoms. The van der Waals surface area contributed by atoms with Crippen molar-refractivity contribution in [3.05, 3.63) is 53.6 Å². The molecule has 29 heavy (non-hydrogen) atoms. The molecule has 3 rings (SSSR count). The number of amides is 1. The minimum absolute atomic E-state index is 0.0515. The van der Waals surface area contributed by atoms with Crippen LogP contribution in [0.25, 0.3) is 0 Å². The average molecular weight is 397 g/mol. The van der Waals surface area contributed by atoms with Crippen molar-refractivity contribution in [2.45, 2.75) is 39.7 Å². The zero-order chi connectivity index (χ0) is 21.0. The highest BCUT2D eigenvalue weighted by Crippen LogP contribution is 2.29. The van der Waals surface area contributed by atoms with E-state index in [0.717, 1.165) is 41.4 Å². The molecule has 0 spiro atoms. The number of carbonyl (C=O) groups excluding carboxylic acids is 1. The van der Waals surface area contributed by atoms with Gasteiger partial charge in [0.25, 0.3) is 5.91 Å². The van der Waals surface area contributed by atoms with Gasteiger partial charge < -0.3 is 19.3 Å². The Morgan fingerprint density at radius 3 is 2.21 bits per heavy atom. The number of methoxy groups -OCH3 is 1. The Morgan fingerprint density at radius 2 is 1.62 bits per heavy atom. The minimum Gasteiger partial charge on any atom is -0.497 e. The van der Waals surface area contributed by atoms with E-state index < -0.39 is 6.10 Å².